The number of anilines is 1. The fourth-order valence-corrected chi connectivity index (χ4v) is 3.83. The first-order valence-electron chi connectivity index (χ1n) is 8.39. The van der Waals surface area contributed by atoms with Crippen molar-refractivity contribution in [3.8, 4) is 5.75 Å². The maximum atomic E-state index is 11.6. The Hall–Kier alpha value is -2.39. The van der Waals surface area contributed by atoms with Crippen LogP contribution in [0.1, 0.15) is 6.92 Å². The fourth-order valence-electron chi connectivity index (χ4n) is 2.71. The Labute approximate surface area is 205 Å². The molecule has 0 heterocycles. The van der Waals surface area contributed by atoms with E-state index in [9.17, 15) is 35.8 Å². The SMILES string of the molecule is CC(=O)Nc1ccc(N=Nc2c(O)c(S(=O)(=O)O)cc3cc(S(=O)(=O)[O-])ccc23)cc1.[Na+]. The Balaban J connectivity index is 0.00000363. The van der Waals surface area contributed by atoms with Gasteiger partial charge in [0.25, 0.3) is 10.1 Å². The molecule has 3 N–H and O–H groups in total. The number of fused-ring (bicyclic) bond motifs is 1. The fraction of sp³-hybridized carbons (Fsp3) is 0.0556. The monoisotopic (exact) mass is 487 g/mol. The minimum Gasteiger partial charge on any atom is -0.744 e. The van der Waals surface area contributed by atoms with Gasteiger partial charge in [0, 0.05) is 18.0 Å². The molecule has 0 bridgehead atoms. The van der Waals surface area contributed by atoms with E-state index in [2.05, 4.69) is 15.5 Å². The van der Waals surface area contributed by atoms with Crippen LogP contribution in [-0.4, -0.2) is 37.0 Å². The van der Waals surface area contributed by atoms with Gasteiger partial charge in [-0.25, -0.2) is 8.42 Å². The number of hydrogen-bond donors (Lipinski definition) is 3. The number of nitrogens with one attached hydrogen (secondary N) is 1. The van der Waals surface area contributed by atoms with Gasteiger partial charge in [0.2, 0.25) is 5.91 Å². The van der Waals surface area contributed by atoms with Gasteiger partial charge in [-0.1, -0.05) is 6.07 Å². The van der Waals surface area contributed by atoms with Crippen LogP contribution in [0, 0.1) is 0 Å². The van der Waals surface area contributed by atoms with E-state index in [1.165, 1.54) is 31.2 Å². The summed E-state index contributed by atoms with van der Waals surface area (Å²) in [6, 6.07) is 9.89. The molecule has 32 heavy (non-hydrogen) atoms. The first-order valence-corrected chi connectivity index (χ1v) is 11.2. The molecule has 162 valence electrons. The molecule has 0 fully saturated rings. The third-order valence-corrected chi connectivity index (χ3v) is 5.74. The van der Waals surface area contributed by atoms with Gasteiger partial charge >= 0.3 is 29.6 Å². The van der Waals surface area contributed by atoms with Crippen LogP contribution in [0.4, 0.5) is 17.1 Å². The van der Waals surface area contributed by atoms with Gasteiger partial charge in [0.05, 0.1) is 10.6 Å². The standard InChI is InChI=1S/C18H15N3O8S2.Na/c1-10(22)19-12-2-4-13(5-3-12)20-21-17-15-7-6-14(30(24,25)26)8-11(15)9-16(18(17)23)31(27,28)29;/h2-9,23H,1H3,(H,19,22)(H,24,25,26)(H,27,28,29);/q;+1/p-1. The Kier molecular flexibility index (Phi) is 7.78. The predicted molar refractivity (Wildman–Crippen MR) is 108 cm³/mol. The number of amides is 1. The van der Waals surface area contributed by atoms with Gasteiger partial charge in [-0.15, -0.1) is 5.11 Å². The number of azo groups is 1. The molecule has 0 aliphatic heterocycles. The Bertz CT molecular complexity index is 1440. The third-order valence-electron chi connectivity index (χ3n) is 4.04. The quantitative estimate of drug-likeness (QED) is 0.256. The number of aromatic hydroxyl groups is 1. The van der Waals surface area contributed by atoms with E-state index in [1.54, 1.807) is 0 Å². The summed E-state index contributed by atoms with van der Waals surface area (Å²) in [4.78, 5) is 9.49. The molecule has 0 unspecified atom stereocenters. The summed E-state index contributed by atoms with van der Waals surface area (Å²) in [6.45, 7) is 1.34. The topological polar surface area (TPSA) is 186 Å². The van der Waals surface area contributed by atoms with Crippen molar-refractivity contribution in [1.29, 1.82) is 0 Å². The Morgan fingerprint density at radius 2 is 1.62 bits per heavy atom. The summed E-state index contributed by atoms with van der Waals surface area (Å²) in [6.07, 6.45) is 0. The van der Waals surface area contributed by atoms with E-state index >= 15 is 0 Å². The van der Waals surface area contributed by atoms with Crippen LogP contribution in [0.5, 0.6) is 5.75 Å². The maximum Gasteiger partial charge on any atom is 1.00 e. The zero-order valence-electron chi connectivity index (χ0n) is 16.7. The summed E-state index contributed by atoms with van der Waals surface area (Å²) in [5.41, 5.74) is 0.406. The Morgan fingerprint density at radius 1 is 1.00 bits per heavy atom. The molecule has 0 aromatic heterocycles. The van der Waals surface area contributed by atoms with Crippen molar-refractivity contribution in [2.24, 2.45) is 10.2 Å². The summed E-state index contributed by atoms with van der Waals surface area (Å²) in [5.74, 6) is -1.18. The molecule has 0 atom stereocenters. The van der Waals surface area contributed by atoms with Gasteiger partial charge in [-0.2, -0.15) is 13.5 Å². The number of phenolic OH excluding ortho intramolecular Hbond substituents is 1. The molecule has 3 aromatic carbocycles. The van der Waals surface area contributed by atoms with E-state index in [0.29, 0.717) is 5.69 Å². The van der Waals surface area contributed by atoms with E-state index in [0.717, 1.165) is 24.3 Å². The maximum absolute atomic E-state index is 11.6. The van der Waals surface area contributed by atoms with Crippen LogP contribution in [0.25, 0.3) is 10.8 Å². The van der Waals surface area contributed by atoms with Crippen molar-refractivity contribution in [3.05, 3.63) is 48.5 Å². The predicted octanol–water partition coefficient (Wildman–Crippen LogP) is 0.0740. The number of benzene rings is 3. The summed E-state index contributed by atoms with van der Waals surface area (Å²) < 4.78 is 66.5. The molecule has 14 heteroatoms. The van der Waals surface area contributed by atoms with Gasteiger partial charge in [-0.3, -0.25) is 9.35 Å². The van der Waals surface area contributed by atoms with Crippen molar-refractivity contribution in [3.63, 3.8) is 0 Å². The summed E-state index contributed by atoms with van der Waals surface area (Å²) in [5, 5.41) is 20.6. The molecule has 11 nitrogen and oxygen atoms in total. The third kappa shape index (κ3) is 5.89. The van der Waals surface area contributed by atoms with Crippen molar-refractivity contribution >= 4 is 54.0 Å². The van der Waals surface area contributed by atoms with Crippen LogP contribution in [0.15, 0.2) is 68.6 Å². The molecule has 0 saturated heterocycles. The van der Waals surface area contributed by atoms with Crippen molar-refractivity contribution in [2.45, 2.75) is 16.7 Å². The van der Waals surface area contributed by atoms with Crippen LogP contribution >= 0.6 is 0 Å². The first kappa shape index (κ1) is 25.9. The number of nitrogens with zero attached hydrogens (tertiary/aromatic N) is 2. The van der Waals surface area contributed by atoms with E-state index in [4.69, 9.17) is 0 Å². The average molecular weight is 487 g/mol. The summed E-state index contributed by atoms with van der Waals surface area (Å²) in [7, 11) is -9.76. The molecule has 3 rings (SSSR count). The zero-order chi connectivity index (χ0) is 23.0. The number of phenols is 1. The number of carbonyl (C=O) groups is 1. The number of rotatable bonds is 5. The molecular formula is C18H14N3NaO8S2. The second-order valence-electron chi connectivity index (χ2n) is 6.31. The second-order valence-corrected chi connectivity index (χ2v) is 9.08. The zero-order valence-corrected chi connectivity index (χ0v) is 20.3. The van der Waals surface area contributed by atoms with Crippen LogP contribution < -0.4 is 34.9 Å². The molecule has 0 aliphatic rings. The molecular weight excluding hydrogens is 473 g/mol. The Morgan fingerprint density at radius 3 is 2.16 bits per heavy atom. The van der Waals surface area contributed by atoms with E-state index < -0.39 is 35.8 Å². The molecule has 1 amide bonds. The number of hydrogen-bond acceptors (Lipinski definition) is 9. The minimum absolute atomic E-state index is 0. The molecule has 0 aliphatic carbocycles. The molecule has 0 spiro atoms. The average Bonchev–Trinajstić information content (AvgIpc) is 2.65. The number of carbonyl (C=O) groups excluding carboxylic acids is 1. The summed E-state index contributed by atoms with van der Waals surface area (Å²) >= 11 is 0. The van der Waals surface area contributed by atoms with Gasteiger partial charge in [0.1, 0.15) is 20.7 Å². The van der Waals surface area contributed by atoms with Gasteiger partial charge in [-0.05, 0) is 47.9 Å². The molecule has 0 radical (unpaired) electrons. The normalized spacial score (nSPS) is 12.0. The minimum atomic E-state index is -4.92. The molecule has 0 saturated carbocycles. The van der Waals surface area contributed by atoms with Gasteiger partial charge in [0.15, 0.2) is 5.75 Å². The van der Waals surface area contributed by atoms with E-state index in [-0.39, 0.29) is 57.6 Å². The van der Waals surface area contributed by atoms with Crippen molar-refractivity contribution in [1.82, 2.24) is 0 Å². The van der Waals surface area contributed by atoms with Crippen molar-refractivity contribution < 1.29 is 65.4 Å². The van der Waals surface area contributed by atoms with Crippen LogP contribution in [0.3, 0.4) is 0 Å². The smallest absolute Gasteiger partial charge is 0.744 e. The second kappa shape index (κ2) is 9.62. The largest absolute Gasteiger partial charge is 1.00 e. The van der Waals surface area contributed by atoms with Crippen LogP contribution in [-0.2, 0) is 25.0 Å². The molecule has 3 aromatic rings. The first-order chi connectivity index (χ1) is 14.4. The van der Waals surface area contributed by atoms with Crippen molar-refractivity contribution in [2.75, 3.05) is 5.32 Å². The van der Waals surface area contributed by atoms with Crippen LogP contribution in [0.2, 0.25) is 0 Å². The van der Waals surface area contributed by atoms with E-state index in [1.807, 2.05) is 0 Å². The van der Waals surface area contributed by atoms with Gasteiger partial charge < -0.3 is 15.0 Å².